The standard InChI is InChI=1S/C9H21BO3.H3N/c1-2-3-4-5-6-7-8-9-13-10(11)12;/h11-12H,2-9H2,1H3;1H3. The van der Waals surface area contributed by atoms with Crippen molar-refractivity contribution in [3.8, 4) is 0 Å². The highest BCUT2D eigenvalue weighted by atomic mass is 16.6. The summed E-state index contributed by atoms with van der Waals surface area (Å²) in [5.41, 5.74) is 0. The molecule has 0 amide bonds. The quantitative estimate of drug-likeness (QED) is 0.396. The van der Waals surface area contributed by atoms with Crippen molar-refractivity contribution in [2.45, 2.75) is 51.9 Å². The maximum atomic E-state index is 8.36. The van der Waals surface area contributed by atoms with Crippen LogP contribution in [0.3, 0.4) is 0 Å². The van der Waals surface area contributed by atoms with E-state index in [1.807, 2.05) is 0 Å². The van der Waals surface area contributed by atoms with E-state index in [-0.39, 0.29) is 6.15 Å². The molecule has 0 saturated carbocycles. The smallest absolute Gasteiger partial charge is 0.402 e. The minimum absolute atomic E-state index is 0. The van der Waals surface area contributed by atoms with Crippen LogP contribution in [0.5, 0.6) is 0 Å². The molecule has 0 saturated heterocycles. The molecule has 0 rings (SSSR count). The van der Waals surface area contributed by atoms with Crippen LogP contribution in [0.4, 0.5) is 0 Å². The van der Waals surface area contributed by atoms with Crippen LogP contribution < -0.4 is 6.15 Å². The summed E-state index contributed by atoms with van der Waals surface area (Å²) < 4.78 is 4.58. The minimum atomic E-state index is -1.60. The molecule has 5 N–H and O–H groups in total. The Morgan fingerprint density at radius 2 is 1.43 bits per heavy atom. The Bertz CT molecular complexity index is 104. The zero-order valence-corrected chi connectivity index (χ0v) is 9.24. The second-order valence-electron chi connectivity index (χ2n) is 3.32. The van der Waals surface area contributed by atoms with E-state index in [1.54, 1.807) is 0 Å². The van der Waals surface area contributed by atoms with Crippen molar-refractivity contribution in [2.75, 3.05) is 6.61 Å². The van der Waals surface area contributed by atoms with Gasteiger partial charge in [0.25, 0.3) is 0 Å². The van der Waals surface area contributed by atoms with Crippen LogP contribution in [0.25, 0.3) is 0 Å². The Balaban J connectivity index is 0. The van der Waals surface area contributed by atoms with E-state index in [9.17, 15) is 0 Å². The number of hydrogen-bond acceptors (Lipinski definition) is 4. The van der Waals surface area contributed by atoms with Crippen LogP contribution >= 0.6 is 0 Å². The SMILES string of the molecule is CCCCCCCCCOB(O)O.N. The molecule has 86 valence electrons. The lowest BCUT2D eigenvalue weighted by Gasteiger charge is -2.02. The van der Waals surface area contributed by atoms with Gasteiger partial charge in [-0.1, -0.05) is 45.4 Å². The molecular formula is C9H24BNO3. The lowest BCUT2D eigenvalue weighted by molar-refractivity contribution is 0.182. The van der Waals surface area contributed by atoms with Gasteiger partial charge in [-0.15, -0.1) is 0 Å². The van der Waals surface area contributed by atoms with Gasteiger partial charge in [-0.2, -0.15) is 0 Å². The first-order valence-corrected chi connectivity index (χ1v) is 5.25. The fourth-order valence-corrected chi connectivity index (χ4v) is 1.25. The highest BCUT2D eigenvalue weighted by molar-refractivity contribution is 6.32. The Hall–Kier alpha value is -0.0951. The van der Waals surface area contributed by atoms with Crippen LogP contribution in [-0.4, -0.2) is 24.0 Å². The van der Waals surface area contributed by atoms with E-state index in [0.717, 1.165) is 12.8 Å². The van der Waals surface area contributed by atoms with Crippen LogP contribution in [0.15, 0.2) is 0 Å². The molecule has 4 nitrogen and oxygen atoms in total. The van der Waals surface area contributed by atoms with Gasteiger partial charge in [-0.05, 0) is 6.42 Å². The van der Waals surface area contributed by atoms with Gasteiger partial charge >= 0.3 is 7.32 Å². The Morgan fingerprint density at radius 1 is 0.929 bits per heavy atom. The Labute approximate surface area is 87.4 Å². The average Bonchev–Trinajstić information content (AvgIpc) is 2.09. The summed E-state index contributed by atoms with van der Waals surface area (Å²) in [5, 5.41) is 16.7. The molecule has 0 aromatic carbocycles. The fraction of sp³-hybridized carbons (Fsp3) is 1.00. The predicted molar refractivity (Wildman–Crippen MR) is 59.2 cm³/mol. The molecule has 0 aliphatic heterocycles. The van der Waals surface area contributed by atoms with Crippen molar-refractivity contribution in [3.63, 3.8) is 0 Å². The van der Waals surface area contributed by atoms with Gasteiger partial charge in [0.1, 0.15) is 0 Å². The molecule has 0 heterocycles. The second-order valence-corrected chi connectivity index (χ2v) is 3.32. The second kappa shape index (κ2) is 12.9. The molecule has 0 fully saturated rings. The van der Waals surface area contributed by atoms with E-state index >= 15 is 0 Å². The highest BCUT2D eigenvalue weighted by Crippen LogP contribution is 2.06. The van der Waals surface area contributed by atoms with Crippen LogP contribution in [0.1, 0.15) is 51.9 Å². The Kier molecular flexibility index (Phi) is 15.1. The highest BCUT2D eigenvalue weighted by Gasteiger charge is 2.06. The third-order valence-electron chi connectivity index (χ3n) is 2.01. The zero-order chi connectivity index (χ0) is 9.94. The maximum Gasteiger partial charge on any atom is 0.633 e. The van der Waals surface area contributed by atoms with Gasteiger partial charge in [-0.3, -0.25) is 0 Å². The van der Waals surface area contributed by atoms with E-state index in [2.05, 4.69) is 11.6 Å². The molecule has 0 radical (unpaired) electrons. The minimum Gasteiger partial charge on any atom is -0.402 e. The predicted octanol–water partition coefficient (Wildman–Crippen LogP) is 1.89. The molecule has 14 heavy (non-hydrogen) atoms. The van der Waals surface area contributed by atoms with Crippen molar-refractivity contribution in [1.29, 1.82) is 0 Å². The van der Waals surface area contributed by atoms with E-state index < -0.39 is 7.32 Å². The molecule has 5 heteroatoms. The molecular weight excluding hydrogens is 181 g/mol. The average molecular weight is 205 g/mol. The van der Waals surface area contributed by atoms with Crippen molar-refractivity contribution in [2.24, 2.45) is 0 Å². The summed E-state index contributed by atoms with van der Waals surface area (Å²) in [6, 6.07) is 0. The van der Waals surface area contributed by atoms with Gasteiger partial charge in [0.05, 0.1) is 0 Å². The summed E-state index contributed by atoms with van der Waals surface area (Å²) in [4.78, 5) is 0. The molecule has 0 aliphatic rings. The van der Waals surface area contributed by atoms with Gasteiger partial charge in [0, 0.05) is 6.61 Å². The third kappa shape index (κ3) is 14.4. The number of rotatable bonds is 9. The molecule has 0 aromatic rings. The molecule has 0 aliphatic carbocycles. The third-order valence-corrected chi connectivity index (χ3v) is 2.01. The summed E-state index contributed by atoms with van der Waals surface area (Å²) >= 11 is 0. The summed E-state index contributed by atoms with van der Waals surface area (Å²) in [7, 11) is -1.60. The largest absolute Gasteiger partial charge is 0.633 e. The van der Waals surface area contributed by atoms with Crippen LogP contribution in [0.2, 0.25) is 0 Å². The molecule has 0 atom stereocenters. The fourth-order valence-electron chi connectivity index (χ4n) is 1.25. The topological polar surface area (TPSA) is 84.7 Å². The van der Waals surface area contributed by atoms with E-state index in [1.165, 1.54) is 32.1 Å². The molecule has 0 unspecified atom stereocenters. The first kappa shape index (κ1) is 16.3. The Morgan fingerprint density at radius 3 is 1.93 bits per heavy atom. The first-order valence-electron chi connectivity index (χ1n) is 5.25. The van der Waals surface area contributed by atoms with E-state index in [0.29, 0.717) is 6.61 Å². The van der Waals surface area contributed by atoms with E-state index in [4.69, 9.17) is 10.0 Å². The normalized spacial score (nSPS) is 9.64. The molecule has 0 spiro atoms. The van der Waals surface area contributed by atoms with Crippen molar-refractivity contribution in [1.82, 2.24) is 6.15 Å². The first-order chi connectivity index (χ1) is 6.27. The van der Waals surface area contributed by atoms with Crippen molar-refractivity contribution >= 4 is 7.32 Å². The monoisotopic (exact) mass is 205 g/mol. The number of unbranched alkanes of at least 4 members (excludes halogenated alkanes) is 6. The van der Waals surface area contributed by atoms with Gasteiger partial charge in [-0.25, -0.2) is 0 Å². The van der Waals surface area contributed by atoms with Crippen molar-refractivity contribution < 1.29 is 14.7 Å². The van der Waals surface area contributed by atoms with Crippen molar-refractivity contribution in [3.05, 3.63) is 0 Å². The molecule has 0 bridgehead atoms. The van der Waals surface area contributed by atoms with Crippen LogP contribution in [0, 0.1) is 0 Å². The summed E-state index contributed by atoms with van der Waals surface area (Å²) in [6.45, 7) is 2.65. The van der Waals surface area contributed by atoms with Gasteiger partial charge < -0.3 is 20.9 Å². The van der Waals surface area contributed by atoms with Gasteiger partial charge in [0.15, 0.2) is 0 Å². The summed E-state index contributed by atoms with van der Waals surface area (Å²) in [5.74, 6) is 0. The lowest BCUT2D eigenvalue weighted by atomic mass is 10.1. The lowest BCUT2D eigenvalue weighted by Crippen LogP contribution is -2.17. The maximum absolute atomic E-state index is 8.36. The number of hydrogen-bond donors (Lipinski definition) is 3. The molecule has 0 aromatic heterocycles. The van der Waals surface area contributed by atoms with Crippen LogP contribution in [-0.2, 0) is 4.65 Å². The summed E-state index contributed by atoms with van der Waals surface area (Å²) in [6.07, 6.45) is 8.48. The zero-order valence-electron chi connectivity index (χ0n) is 9.24. The van der Waals surface area contributed by atoms with Gasteiger partial charge in [0.2, 0.25) is 0 Å².